The molecule has 1 aromatic rings. The molecule has 0 fully saturated rings. The highest BCUT2D eigenvalue weighted by Gasteiger charge is 2.19. The topological polar surface area (TPSA) is 86.6 Å². The summed E-state index contributed by atoms with van der Waals surface area (Å²) in [5.41, 5.74) is 0.704. The number of aromatic hydroxyl groups is 1. The van der Waals surface area contributed by atoms with Crippen molar-refractivity contribution in [3.63, 3.8) is 0 Å². The lowest BCUT2D eigenvalue weighted by molar-refractivity contribution is -0.141. The summed E-state index contributed by atoms with van der Waals surface area (Å²) in [6.45, 7) is 1.27. The maximum Gasteiger partial charge on any atom is 0.326 e. The van der Waals surface area contributed by atoms with E-state index in [-0.39, 0.29) is 12.2 Å². The Kier molecular flexibility index (Phi) is 4.51. The van der Waals surface area contributed by atoms with Gasteiger partial charge in [0.25, 0.3) is 0 Å². The second-order valence-corrected chi connectivity index (χ2v) is 4.44. The van der Waals surface area contributed by atoms with Gasteiger partial charge in [-0.2, -0.15) is 0 Å². The maximum absolute atomic E-state index is 10.9. The van der Waals surface area contributed by atoms with E-state index in [1.807, 2.05) is 0 Å². The molecule has 17 heavy (non-hydrogen) atoms. The summed E-state index contributed by atoms with van der Waals surface area (Å²) in [6, 6.07) is 3.72. The molecule has 0 radical (unpaired) electrons. The SMILES string of the molecule is CC(=O)NC(Cc1ccc(O)c(Br)c1)C(=O)O. The van der Waals surface area contributed by atoms with Crippen molar-refractivity contribution in [2.45, 2.75) is 19.4 Å². The van der Waals surface area contributed by atoms with Crippen LogP contribution in [0.25, 0.3) is 0 Å². The molecule has 5 nitrogen and oxygen atoms in total. The number of hydrogen-bond acceptors (Lipinski definition) is 3. The van der Waals surface area contributed by atoms with E-state index in [9.17, 15) is 14.7 Å². The summed E-state index contributed by atoms with van der Waals surface area (Å²) >= 11 is 3.14. The number of carboxylic acids is 1. The number of phenols is 1. The molecule has 3 N–H and O–H groups in total. The zero-order valence-electron chi connectivity index (χ0n) is 9.11. The van der Waals surface area contributed by atoms with Gasteiger partial charge in [-0.15, -0.1) is 0 Å². The third-order valence-electron chi connectivity index (χ3n) is 2.13. The molecule has 0 aliphatic carbocycles. The molecule has 1 atom stereocenters. The molecule has 92 valence electrons. The summed E-state index contributed by atoms with van der Waals surface area (Å²) < 4.78 is 0.488. The van der Waals surface area contributed by atoms with Gasteiger partial charge in [-0.3, -0.25) is 4.79 Å². The number of nitrogens with one attached hydrogen (secondary N) is 1. The Morgan fingerprint density at radius 3 is 2.59 bits per heavy atom. The van der Waals surface area contributed by atoms with E-state index in [1.54, 1.807) is 12.1 Å². The van der Waals surface area contributed by atoms with Gasteiger partial charge in [0.15, 0.2) is 0 Å². The highest BCUT2D eigenvalue weighted by Crippen LogP contribution is 2.24. The van der Waals surface area contributed by atoms with Crippen molar-refractivity contribution >= 4 is 27.8 Å². The van der Waals surface area contributed by atoms with Gasteiger partial charge in [-0.05, 0) is 33.6 Å². The van der Waals surface area contributed by atoms with Crippen LogP contribution in [0.1, 0.15) is 12.5 Å². The minimum atomic E-state index is -1.09. The average molecular weight is 302 g/mol. The van der Waals surface area contributed by atoms with Gasteiger partial charge in [0, 0.05) is 13.3 Å². The van der Waals surface area contributed by atoms with E-state index in [1.165, 1.54) is 13.0 Å². The Morgan fingerprint density at radius 2 is 2.12 bits per heavy atom. The van der Waals surface area contributed by atoms with Crippen LogP contribution in [0.3, 0.4) is 0 Å². The van der Waals surface area contributed by atoms with E-state index < -0.39 is 17.9 Å². The van der Waals surface area contributed by atoms with Crippen LogP contribution in [-0.4, -0.2) is 28.1 Å². The van der Waals surface area contributed by atoms with Gasteiger partial charge < -0.3 is 15.5 Å². The Hall–Kier alpha value is -1.56. The summed E-state index contributed by atoms with van der Waals surface area (Å²) in [6.07, 6.45) is 0.161. The fraction of sp³-hybridized carbons (Fsp3) is 0.273. The van der Waals surface area contributed by atoms with Crippen LogP contribution in [-0.2, 0) is 16.0 Å². The van der Waals surface area contributed by atoms with E-state index in [0.29, 0.717) is 10.0 Å². The van der Waals surface area contributed by atoms with Crippen molar-refractivity contribution in [2.75, 3.05) is 0 Å². The summed E-state index contributed by atoms with van der Waals surface area (Å²) in [4.78, 5) is 21.8. The highest BCUT2D eigenvalue weighted by molar-refractivity contribution is 9.10. The zero-order chi connectivity index (χ0) is 13.0. The number of benzene rings is 1. The third-order valence-corrected chi connectivity index (χ3v) is 2.76. The van der Waals surface area contributed by atoms with Crippen LogP contribution >= 0.6 is 15.9 Å². The Bertz CT molecular complexity index is 447. The fourth-order valence-electron chi connectivity index (χ4n) is 1.36. The van der Waals surface area contributed by atoms with Crippen molar-refractivity contribution in [3.05, 3.63) is 28.2 Å². The number of rotatable bonds is 4. The van der Waals surface area contributed by atoms with Gasteiger partial charge in [0.2, 0.25) is 5.91 Å². The largest absolute Gasteiger partial charge is 0.507 e. The van der Waals surface area contributed by atoms with Crippen molar-refractivity contribution in [1.82, 2.24) is 5.32 Å². The molecule has 0 aliphatic heterocycles. The minimum absolute atomic E-state index is 0.0835. The van der Waals surface area contributed by atoms with E-state index >= 15 is 0 Å². The normalized spacial score (nSPS) is 11.9. The highest BCUT2D eigenvalue weighted by atomic mass is 79.9. The molecule has 1 rings (SSSR count). The molecule has 0 spiro atoms. The van der Waals surface area contributed by atoms with Crippen molar-refractivity contribution in [1.29, 1.82) is 0 Å². The van der Waals surface area contributed by atoms with Gasteiger partial charge in [0.1, 0.15) is 11.8 Å². The first-order valence-electron chi connectivity index (χ1n) is 4.87. The number of halogens is 1. The van der Waals surface area contributed by atoms with E-state index in [2.05, 4.69) is 21.2 Å². The molecule has 6 heteroatoms. The molecule has 0 saturated heterocycles. The maximum atomic E-state index is 10.9. The van der Waals surface area contributed by atoms with Crippen LogP contribution in [0.2, 0.25) is 0 Å². The molecular weight excluding hydrogens is 290 g/mol. The number of hydrogen-bond donors (Lipinski definition) is 3. The van der Waals surface area contributed by atoms with Gasteiger partial charge >= 0.3 is 5.97 Å². The number of aliphatic carboxylic acids is 1. The molecule has 1 aromatic carbocycles. The second-order valence-electron chi connectivity index (χ2n) is 3.58. The van der Waals surface area contributed by atoms with Gasteiger partial charge in [-0.1, -0.05) is 6.07 Å². The standard InChI is InChI=1S/C11H12BrNO4/c1-6(14)13-9(11(16)17)5-7-2-3-10(15)8(12)4-7/h2-4,9,15H,5H2,1H3,(H,13,14)(H,16,17). The molecule has 1 unspecified atom stereocenters. The quantitative estimate of drug-likeness (QED) is 0.782. The molecule has 0 saturated carbocycles. The second kappa shape index (κ2) is 5.67. The Balaban J connectivity index is 2.82. The van der Waals surface area contributed by atoms with Crippen molar-refractivity contribution in [3.8, 4) is 5.75 Å². The van der Waals surface area contributed by atoms with Gasteiger partial charge in [-0.25, -0.2) is 4.79 Å². The third kappa shape index (κ3) is 4.07. The number of carboxylic acid groups (broad SMARTS) is 1. The van der Waals surface area contributed by atoms with Crippen molar-refractivity contribution < 1.29 is 19.8 Å². The summed E-state index contributed by atoms with van der Waals surface area (Å²) in [5.74, 6) is -1.40. The van der Waals surface area contributed by atoms with Crippen LogP contribution in [0.4, 0.5) is 0 Å². The Morgan fingerprint density at radius 1 is 1.47 bits per heavy atom. The van der Waals surface area contributed by atoms with Crippen LogP contribution in [0, 0.1) is 0 Å². The molecule has 0 aliphatic rings. The lowest BCUT2D eigenvalue weighted by Gasteiger charge is -2.13. The van der Waals surface area contributed by atoms with Crippen LogP contribution < -0.4 is 5.32 Å². The predicted molar refractivity (Wildman–Crippen MR) is 64.8 cm³/mol. The van der Waals surface area contributed by atoms with E-state index in [0.717, 1.165) is 0 Å². The number of phenolic OH excluding ortho intramolecular Hbond substituents is 1. The average Bonchev–Trinajstić information content (AvgIpc) is 2.21. The molecular formula is C11H12BrNO4. The molecule has 0 bridgehead atoms. The van der Waals surface area contributed by atoms with E-state index in [4.69, 9.17) is 5.11 Å². The van der Waals surface area contributed by atoms with Gasteiger partial charge in [0.05, 0.1) is 4.47 Å². The van der Waals surface area contributed by atoms with Crippen LogP contribution in [0.15, 0.2) is 22.7 Å². The first-order valence-corrected chi connectivity index (χ1v) is 5.66. The van der Waals surface area contributed by atoms with Crippen LogP contribution in [0.5, 0.6) is 5.75 Å². The summed E-state index contributed by atoms with van der Waals surface area (Å²) in [7, 11) is 0. The number of amides is 1. The van der Waals surface area contributed by atoms with Crippen molar-refractivity contribution in [2.24, 2.45) is 0 Å². The monoisotopic (exact) mass is 301 g/mol. The lowest BCUT2D eigenvalue weighted by Crippen LogP contribution is -2.41. The molecule has 0 aromatic heterocycles. The molecule has 0 heterocycles. The smallest absolute Gasteiger partial charge is 0.326 e. The zero-order valence-corrected chi connectivity index (χ0v) is 10.7. The molecule has 1 amide bonds. The lowest BCUT2D eigenvalue weighted by atomic mass is 10.1. The predicted octanol–water partition coefficient (Wildman–Crippen LogP) is 1.29. The first-order chi connectivity index (χ1) is 7.90. The fourth-order valence-corrected chi connectivity index (χ4v) is 1.78. The summed E-state index contributed by atoms with van der Waals surface area (Å²) in [5, 5.41) is 20.6. The minimum Gasteiger partial charge on any atom is -0.507 e. The number of carbonyl (C=O) groups is 2. The first kappa shape index (κ1) is 13.5. The number of carbonyl (C=O) groups excluding carboxylic acids is 1. The Labute approximate surface area is 107 Å².